The van der Waals surface area contributed by atoms with Crippen molar-refractivity contribution >= 4 is 41.3 Å². The Labute approximate surface area is 194 Å². The van der Waals surface area contributed by atoms with E-state index in [1.807, 2.05) is 13.0 Å². The van der Waals surface area contributed by atoms with Gasteiger partial charge in [0.25, 0.3) is 5.91 Å². The molecule has 2 aromatic heterocycles. The molecule has 1 N–H and O–H groups in total. The van der Waals surface area contributed by atoms with Crippen molar-refractivity contribution in [2.75, 3.05) is 13.2 Å². The van der Waals surface area contributed by atoms with Crippen LogP contribution < -0.4 is 10.2 Å². The molecule has 164 valence electrons. The molecule has 3 aromatic rings. The number of aromatic nitrogens is 2. The molecule has 0 bridgehead atoms. The largest absolute Gasteiger partial charge is 0.503 e. The SMILES string of the molecule is CCCOc1cc(Cl)cc(CN2CCn3cc(-c4nccs4)c(=O)c(O)c3C2=O)c1.Cl. The van der Waals surface area contributed by atoms with Crippen LogP contribution >= 0.6 is 35.3 Å². The van der Waals surface area contributed by atoms with Gasteiger partial charge in [-0.3, -0.25) is 9.59 Å². The van der Waals surface area contributed by atoms with Crippen LogP contribution in [0.15, 0.2) is 40.8 Å². The van der Waals surface area contributed by atoms with Gasteiger partial charge in [0.2, 0.25) is 5.43 Å². The average Bonchev–Trinajstić information content (AvgIpc) is 3.25. The summed E-state index contributed by atoms with van der Waals surface area (Å²) in [5.41, 5.74) is 0.511. The van der Waals surface area contributed by atoms with Gasteiger partial charge in [-0.15, -0.1) is 23.7 Å². The predicted molar refractivity (Wildman–Crippen MR) is 123 cm³/mol. The number of nitrogens with zero attached hydrogens (tertiary/aromatic N) is 3. The smallest absolute Gasteiger partial charge is 0.274 e. The van der Waals surface area contributed by atoms with Crippen molar-refractivity contribution in [1.29, 1.82) is 0 Å². The third-order valence-corrected chi connectivity index (χ3v) is 5.82. The molecule has 0 fully saturated rings. The maximum Gasteiger partial charge on any atom is 0.274 e. The Morgan fingerprint density at radius 1 is 1.26 bits per heavy atom. The van der Waals surface area contributed by atoms with Crippen LogP contribution in [0.4, 0.5) is 0 Å². The van der Waals surface area contributed by atoms with Crippen molar-refractivity contribution in [3.8, 4) is 22.1 Å². The molecule has 0 atom stereocenters. The highest BCUT2D eigenvalue weighted by Crippen LogP contribution is 2.28. The van der Waals surface area contributed by atoms with E-state index in [-0.39, 0.29) is 18.1 Å². The number of pyridine rings is 1. The minimum atomic E-state index is -0.593. The average molecular weight is 482 g/mol. The first kappa shape index (κ1) is 23.1. The maximum absolute atomic E-state index is 13.1. The predicted octanol–water partition coefficient (Wildman–Crippen LogP) is 4.20. The van der Waals surface area contributed by atoms with Gasteiger partial charge in [-0.25, -0.2) is 4.98 Å². The number of fused-ring (bicyclic) bond motifs is 1. The van der Waals surface area contributed by atoms with E-state index in [1.54, 1.807) is 39.4 Å². The van der Waals surface area contributed by atoms with Gasteiger partial charge in [0, 0.05) is 42.4 Å². The van der Waals surface area contributed by atoms with Crippen LogP contribution in [0.3, 0.4) is 0 Å². The minimum Gasteiger partial charge on any atom is -0.503 e. The summed E-state index contributed by atoms with van der Waals surface area (Å²) < 4.78 is 7.28. The number of amides is 1. The van der Waals surface area contributed by atoms with E-state index in [9.17, 15) is 14.7 Å². The van der Waals surface area contributed by atoms with Gasteiger partial charge in [-0.05, 0) is 30.2 Å². The molecule has 4 rings (SSSR count). The van der Waals surface area contributed by atoms with Crippen molar-refractivity contribution < 1.29 is 14.6 Å². The summed E-state index contributed by atoms with van der Waals surface area (Å²) in [4.78, 5) is 31.4. The molecule has 7 nitrogen and oxygen atoms in total. The number of thiazole rings is 1. The second-order valence-electron chi connectivity index (χ2n) is 6.97. The van der Waals surface area contributed by atoms with Crippen molar-refractivity contribution in [2.45, 2.75) is 26.4 Å². The number of carbonyl (C=O) groups is 1. The first-order chi connectivity index (χ1) is 14.5. The van der Waals surface area contributed by atoms with E-state index in [0.717, 1.165) is 12.0 Å². The molecule has 0 aliphatic carbocycles. The van der Waals surface area contributed by atoms with Crippen LogP contribution in [0.25, 0.3) is 10.6 Å². The summed E-state index contributed by atoms with van der Waals surface area (Å²) in [7, 11) is 0. The number of rotatable bonds is 6. The fourth-order valence-electron chi connectivity index (χ4n) is 3.43. The number of halogens is 2. The highest BCUT2D eigenvalue weighted by Gasteiger charge is 2.30. The standard InChI is InChI=1S/C21H20ClN3O4S.ClH/c1-2-6-29-15-9-13(8-14(22)10-15)11-25-5-4-24-12-16(20-23-3-7-30-20)18(26)19(27)17(24)21(25)28;/h3,7-10,12,27H,2,4-6,11H2,1H3;1H. The fraction of sp³-hybridized carbons (Fsp3) is 0.286. The number of hydrogen-bond donors (Lipinski definition) is 1. The molecule has 0 saturated heterocycles. The Hall–Kier alpha value is -2.55. The van der Waals surface area contributed by atoms with E-state index in [1.165, 1.54) is 11.3 Å². The van der Waals surface area contributed by atoms with Crippen LogP contribution in [-0.4, -0.2) is 38.6 Å². The summed E-state index contributed by atoms with van der Waals surface area (Å²) in [6.07, 6.45) is 4.07. The molecule has 0 saturated carbocycles. The van der Waals surface area contributed by atoms with E-state index in [0.29, 0.717) is 47.6 Å². The molecule has 1 amide bonds. The molecule has 0 unspecified atom stereocenters. The first-order valence-electron chi connectivity index (χ1n) is 9.55. The Morgan fingerprint density at radius 3 is 2.77 bits per heavy atom. The number of benzene rings is 1. The second kappa shape index (κ2) is 9.72. The molecule has 3 heterocycles. The zero-order chi connectivity index (χ0) is 21.3. The summed E-state index contributed by atoms with van der Waals surface area (Å²) in [5, 5.41) is 13.3. The number of ether oxygens (including phenoxy) is 1. The number of hydrogen-bond acceptors (Lipinski definition) is 6. The first-order valence-corrected chi connectivity index (χ1v) is 10.8. The van der Waals surface area contributed by atoms with Gasteiger partial charge in [0.15, 0.2) is 11.4 Å². The van der Waals surface area contributed by atoms with Gasteiger partial charge >= 0.3 is 0 Å². The van der Waals surface area contributed by atoms with Crippen LogP contribution in [0, 0.1) is 0 Å². The quantitative estimate of drug-likeness (QED) is 0.570. The Bertz CT molecular complexity index is 1150. The van der Waals surface area contributed by atoms with E-state index in [2.05, 4.69) is 4.98 Å². The van der Waals surface area contributed by atoms with Gasteiger partial charge in [-0.1, -0.05) is 18.5 Å². The van der Waals surface area contributed by atoms with Crippen LogP contribution in [0.2, 0.25) is 5.02 Å². The molecule has 0 radical (unpaired) electrons. The van der Waals surface area contributed by atoms with Crippen molar-refractivity contribution in [3.05, 3.63) is 62.5 Å². The van der Waals surface area contributed by atoms with Crippen LogP contribution in [0.1, 0.15) is 29.4 Å². The molecule has 1 aliphatic rings. The minimum absolute atomic E-state index is 0. The lowest BCUT2D eigenvalue weighted by Crippen LogP contribution is -2.41. The third-order valence-electron chi connectivity index (χ3n) is 4.80. The highest BCUT2D eigenvalue weighted by atomic mass is 35.5. The zero-order valence-electron chi connectivity index (χ0n) is 16.7. The van der Waals surface area contributed by atoms with Gasteiger partial charge in [-0.2, -0.15) is 0 Å². The monoisotopic (exact) mass is 481 g/mol. The second-order valence-corrected chi connectivity index (χ2v) is 8.30. The molecule has 0 spiro atoms. The van der Waals surface area contributed by atoms with Crippen LogP contribution in [0.5, 0.6) is 11.5 Å². The third kappa shape index (κ3) is 4.71. The zero-order valence-corrected chi connectivity index (χ0v) is 19.1. The Morgan fingerprint density at radius 2 is 2.06 bits per heavy atom. The molecule has 1 aliphatic heterocycles. The van der Waals surface area contributed by atoms with Crippen molar-refractivity contribution in [3.63, 3.8) is 0 Å². The molecule has 31 heavy (non-hydrogen) atoms. The highest BCUT2D eigenvalue weighted by molar-refractivity contribution is 7.13. The summed E-state index contributed by atoms with van der Waals surface area (Å²) >= 11 is 7.51. The lowest BCUT2D eigenvalue weighted by atomic mass is 10.1. The molecule has 10 heteroatoms. The van der Waals surface area contributed by atoms with Crippen molar-refractivity contribution in [2.24, 2.45) is 0 Å². The van der Waals surface area contributed by atoms with Gasteiger partial charge < -0.3 is 19.3 Å². The number of carbonyl (C=O) groups excluding carboxylic acids is 1. The van der Waals surface area contributed by atoms with E-state index < -0.39 is 17.1 Å². The summed E-state index contributed by atoms with van der Waals surface area (Å²) in [6, 6.07) is 5.36. The Balaban J connectivity index is 0.00000272. The molecule has 1 aromatic carbocycles. The van der Waals surface area contributed by atoms with E-state index in [4.69, 9.17) is 16.3 Å². The topological polar surface area (TPSA) is 84.7 Å². The lowest BCUT2D eigenvalue weighted by molar-refractivity contribution is 0.0683. The van der Waals surface area contributed by atoms with Gasteiger partial charge in [0.1, 0.15) is 10.8 Å². The molecular weight excluding hydrogens is 461 g/mol. The summed E-state index contributed by atoms with van der Waals surface area (Å²) in [6.45, 7) is 3.78. The fourth-order valence-corrected chi connectivity index (χ4v) is 4.32. The van der Waals surface area contributed by atoms with Crippen molar-refractivity contribution in [1.82, 2.24) is 14.5 Å². The number of aromatic hydroxyl groups is 1. The lowest BCUT2D eigenvalue weighted by Gasteiger charge is -2.30. The summed E-state index contributed by atoms with van der Waals surface area (Å²) in [5.74, 6) is -0.302. The van der Waals surface area contributed by atoms with E-state index >= 15 is 0 Å². The van der Waals surface area contributed by atoms with Crippen LogP contribution in [-0.2, 0) is 13.1 Å². The van der Waals surface area contributed by atoms with Gasteiger partial charge in [0.05, 0.1) is 12.2 Å². The normalized spacial score (nSPS) is 13.0. The Kier molecular flexibility index (Phi) is 7.25. The maximum atomic E-state index is 13.1. The molecular formula is C21H21Cl2N3O4S.